The summed E-state index contributed by atoms with van der Waals surface area (Å²) in [6.07, 6.45) is 0. The number of amides is 1. The number of fused-ring (bicyclic) bond motifs is 1. The molecule has 156 valence electrons. The van der Waals surface area contributed by atoms with Crippen LogP contribution >= 0.6 is 0 Å². The molecule has 0 bridgehead atoms. The SMILES string of the molecule is CC(=O)Nc1ccc(S(=O)(=O)N2CCN(c3cc(C)c4ccccc4n3)CC2)cc1. The molecule has 1 saturated heterocycles. The third-order valence-corrected chi connectivity index (χ3v) is 7.20. The summed E-state index contributed by atoms with van der Waals surface area (Å²) in [5.41, 5.74) is 2.68. The van der Waals surface area contributed by atoms with E-state index >= 15 is 0 Å². The van der Waals surface area contributed by atoms with Crippen molar-refractivity contribution in [1.82, 2.24) is 9.29 Å². The number of aryl methyl sites for hydroxylation is 1. The fourth-order valence-corrected chi connectivity index (χ4v) is 5.14. The van der Waals surface area contributed by atoms with Crippen LogP contribution in [0.25, 0.3) is 10.9 Å². The summed E-state index contributed by atoms with van der Waals surface area (Å²) in [5.74, 6) is 0.683. The van der Waals surface area contributed by atoms with Crippen LogP contribution in [0.1, 0.15) is 12.5 Å². The first-order valence-electron chi connectivity index (χ1n) is 9.84. The first-order chi connectivity index (χ1) is 14.3. The summed E-state index contributed by atoms with van der Waals surface area (Å²) in [7, 11) is -3.58. The Kier molecular flexibility index (Phi) is 5.44. The van der Waals surface area contributed by atoms with Gasteiger partial charge >= 0.3 is 0 Å². The van der Waals surface area contributed by atoms with Crippen molar-refractivity contribution in [2.75, 3.05) is 36.4 Å². The second-order valence-corrected chi connectivity index (χ2v) is 9.35. The number of piperazine rings is 1. The molecule has 0 unspecified atom stereocenters. The Labute approximate surface area is 176 Å². The molecular formula is C22H24N4O3S. The Morgan fingerprint density at radius 3 is 2.33 bits per heavy atom. The Bertz CT molecular complexity index is 1180. The van der Waals surface area contributed by atoms with Crippen LogP contribution in [0.5, 0.6) is 0 Å². The number of rotatable bonds is 4. The maximum Gasteiger partial charge on any atom is 0.243 e. The van der Waals surface area contributed by atoms with Crippen LogP contribution < -0.4 is 10.2 Å². The highest BCUT2D eigenvalue weighted by Crippen LogP contribution is 2.25. The Morgan fingerprint density at radius 1 is 1.00 bits per heavy atom. The number of hydrogen-bond donors (Lipinski definition) is 1. The van der Waals surface area contributed by atoms with Crippen LogP contribution in [0.3, 0.4) is 0 Å². The van der Waals surface area contributed by atoms with E-state index in [0.29, 0.717) is 31.9 Å². The first-order valence-corrected chi connectivity index (χ1v) is 11.3. The number of nitrogens with zero attached hydrogens (tertiary/aromatic N) is 3. The quantitative estimate of drug-likeness (QED) is 0.696. The van der Waals surface area contributed by atoms with Gasteiger partial charge in [-0.2, -0.15) is 4.31 Å². The highest BCUT2D eigenvalue weighted by atomic mass is 32.2. The number of pyridine rings is 1. The number of nitrogens with one attached hydrogen (secondary N) is 1. The zero-order valence-corrected chi connectivity index (χ0v) is 17.8. The predicted octanol–water partition coefficient (Wildman–Crippen LogP) is 3.01. The lowest BCUT2D eigenvalue weighted by Gasteiger charge is -2.35. The number of carbonyl (C=O) groups excluding carboxylic acids is 1. The van der Waals surface area contributed by atoms with E-state index in [0.717, 1.165) is 22.3 Å². The minimum absolute atomic E-state index is 0.195. The molecule has 0 radical (unpaired) electrons. The number of anilines is 2. The van der Waals surface area contributed by atoms with Crippen molar-refractivity contribution in [2.45, 2.75) is 18.7 Å². The van der Waals surface area contributed by atoms with E-state index in [1.165, 1.54) is 23.4 Å². The van der Waals surface area contributed by atoms with Gasteiger partial charge in [0.05, 0.1) is 10.4 Å². The highest BCUT2D eigenvalue weighted by Gasteiger charge is 2.29. The van der Waals surface area contributed by atoms with Gasteiger partial charge in [0.25, 0.3) is 0 Å². The molecule has 1 fully saturated rings. The highest BCUT2D eigenvalue weighted by molar-refractivity contribution is 7.89. The van der Waals surface area contributed by atoms with Gasteiger partial charge in [-0.25, -0.2) is 13.4 Å². The van der Waals surface area contributed by atoms with Crippen molar-refractivity contribution in [3.63, 3.8) is 0 Å². The number of carbonyl (C=O) groups is 1. The standard InChI is InChI=1S/C22H24N4O3S/c1-16-15-22(24-21-6-4-3-5-20(16)21)25-11-13-26(14-12-25)30(28,29)19-9-7-18(8-10-19)23-17(2)27/h3-10,15H,11-14H2,1-2H3,(H,23,27). The van der Waals surface area contributed by atoms with Crippen LogP contribution in [0, 0.1) is 6.92 Å². The van der Waals surface area contributed by atoms with Gasteiger partial charge in [-0.15, -0.1) is 0 Å². The monoisotopic (exact) mass is 424 g/mol. The van der Waals surface area contributed by atoms with Crippen molar-refractivity contribution in [2.24, 2.45) is 0 Å². The van der Waals surface area contributed by atoms with Gasteiger partial charge in [0.1, 0.15) is 5.82 Å². The van der Waals surface area contributed by atoms with Crippen molar-refractivity contribution >= 4 is 38.3 Å². The Morgan fingerprint density at radius 2 is 1.67 bits per heavy atom. The van der Waals surface area contributed by atoms with Crippen molar-refractivity contribution in [3.8, 4) is 0 Å². The molecule has 1 aliphatic rings. The molecule has 7 nitrogen and oxygen atoms in total. The maximum absolute atomic E-state index is 13.0. The molecule has 0 aliphatic carbocycles. The molecule has 1 aromatic heterocycles. The normalized spacial score (nSPS) is 15.3. The largest absolute Gasteiger partial charge is 0.354 e. The Balaban J connectivity index is 1.48. The van der Waals surface area contributed by atoms with Crippen molar-refractivity contribution in [1.29, 1.82) is 0 Å². The number of aromatic nitrogens is 1. The lowest BCUT2D eigenvalue weighted by atomic mass is 10.1. The summed E-state index contributed by atoms with van der Waals surface area (Å²) >= 11 is 0. The minimum Gasteiger partial charge on any atom is -0.354 e. The molecule has 4 rings (SSSR count). The topological polar surface area (TPSA) is 82.6 Å². The molecule has 0 atom stereocenters. The third-order valence-electron chi connectivity index (χ3n) is 5.28. The molecule has 0 saturated carbocycles. The van der Waals surface area contributed by atoms with Crippen LogP contribution in [0.4, 0.5) is 11.5 Å². The number of para-hydroxylation sites is 1. The van der Waals surface area contributed by atoms with Gasteiger partial charge in [-0.05, 0) is 48.9 Å². The summed E-state index contributed by atoms with van der Waals surface area (Å²) in [6.45, 7) is 5.42. The zero-order chi connectivity index (χ0) is 21.3. The van der Waals surface area contributed by atoms with E-state index in [1.807, 2.05) is 18.2 Å². The predicted molar refractivity (Wildman–Crippen MR) is 118 cm³/mol. The molecular weight excluding hydrogens is 400 g/mol. The molecule has 8 heteroatoms. The lowest BCUT2D eigenvalue weighted by Crippen LogP contribution is -2.48. The molecule has 1 amide bonds. The smallest absolute Gasteiger partial charge is 0.243 e. The lowest BCUT2D eigenvalue weighted by molar-refractivity contribution is -0.114. The van der Waals surface area contributed by atoms with Crippen molar-refractivity contribution in [3.05, 3.63) is 60.2 Å². The second kappa shape index (κ2) is 8.04. The Hall–Kier alpha value is -2.97. The van der Waals surface area contributed by atoms with Crippen LogP contribution in [0.15, 0.2) is 59.5 Å². The average Bonchev–Trinajstić information content (AvgIpc) is 2.74. The van der Waals surface area contributed by atoms with E-state index < -0.39 is 10.0 Å². The number of hydrogen-bond acceptors (Lipinski definition) is 5. The van der Waals surface area contributed by atoms with E-state index in [4.69, 9.17) is 4.98 Å². The zero-order valence-electron chi connectivity index (χ0n) is 17.0. The van der Waals surface area contributed by atoms with Crippen LogP contribution in [-0.4, -0.2) is 49.8 Å². The molecule has 3 aromatic rings. The fraction of sp³-hybridized carbons (Fsp3) is 0.273. The van der Waals surface area contributed by atoms with Crippen LogP contribution in [-0.2, 0) is 14.8 Å². The fourth-order valence-electron chi connectivity index (χ4n) is 3.71. The van der Waals surface area contributed by atoms with E-state index in [9.17, 15) is 13.2 Å². The molecule has 2 aromatic carbocycles. The van der Waals surface area contributed by atoms with E-state index in [2.05, 4.69) is 29.3 Å². The summed E-state index contributed by atoms with van der Waals surface area (Å²) in [4.78, 5) is 18.3. The first kappa shape index (κ1) is 20.3. The summed E-state index contributed by atoms with van der Waals surface area (Å²) in [5, 5.41) is 3.77. The molecule has 2 heterocycles. The molecule has 1 aliphatic heterocycles. The number of sulfonamides is 1. The minimum atomic E-state index is -3.58. The summed E-state index contributed by atoms with van der Waals surface area (Å²) < 4.78 is 27.5. The van der Waals surface area contributed by atoms with Gasteiger partial charge in [-0.1, -0.05) is 18.2 Å². The van der Waals surface area contributed by atoms with Gasteiger partial charge in [0.2, 0.25) is 15.9 Å². The summed E-state index contributed by atoms with van der Waals surface area (Å²) in [6, 6.07) is 16.4. The third kappa shape index (κ3) is 4.01. The molecule has 30 heavy (non-hydrogen) atoms. The van der Waals surface area contributed by atoms with Gasteiger partial charge in [-0.3, -0.25) is 4.79 Å². The maximum atomic E-state index is 13.0. The van der Waals surface area contributed by atoms with Gasteiger partial charge in [0.15, 0.2) is 0 Å². The van der Waals surface area contributed by atoms with E-state index in [1.54, 1.807) is 12.1 Å². The molecule has 0 spiro atoms. The second-order valence-electron chi connectivity index (χ2n) is 7.41. The molecule has 1 N–H and O–H groups in total. The van der Waals surface area contributed by atoms with Gasteiger partial charge < -0.3 is 10.2 Å². The van der Waals surface area contributed by atoms with Gasteiger partial charge in [0, 0.05) is 44.2 Å². The van der Waals surface area contributed by atoms with Crippen molar-refractivity contribution < 1.29 is 13.2 Å². The average molecular weight is 425 g/mol. The number of benzene rings is 2. The van der Waals surface area contributed by atoms with E-state index in [-0.39, 0.29) is 10.8 Å². The van der Waals surface area contributed by atoms with Crippen LogP contribution in [0.2, 0.25) is 0 Å².